The van der Waals surface area contributed by atoms with Crippen LogP contribution < -0.4 is 16.4 Å². The molecule has 4 aliphatic rings. The third-order valence-electron chi connectivity index (χ3n) is 6.51. The molecule has 0 spiro atoms. The van der Waals surface area contributed by atoms with Gasteiger partial charge in [-0.1, -0.05) is 19.8 Å². The van der Waals surface area contributed by atoms with Gasteiger partial charge in [-0.2, -0.15) is 0 Å². The number of ketones is 2. The number of methoxy groups -OCH3 is 1. The molecule has 4 atom stereocenters. The average Bonchev–Trinajstić information content (AvgIpc) is 3.30. The minimum Gasteiger partial charge on any atom is -0.449 e. The van der Waals surface area contributed by atoms with Gasteiger partial charge < -0.3 is 30.7 Å². The van der Waals surface area contributed by atoms with Crippen molar-refractivity contribution in [3.05, 3.63) is 22.5 Å². The molecule has 1 amide bonds. The third kappa shape index (κ3) is 2.78. The smallest absolute Gasteiger partial charge is 0.404 e. The van der Waals surface area contributed by atoms with E-state index in [1.165, 1.54) is 0 Å². The second kappa shape index (κ2) is 7.14. The molecule has 4 N–H and O–H groups in total. The fourth-order valence-corrected chi connectivity index (χ4v) is 5.09. The summed E-state index contributed by atoms with van der Waals surface area (Å²) in [6.45, 7) is 4.86. The Morgan fingerprint density at radius 2 is 2.10 bits per heavy atom. The lowest BCUT2D eigenvalue weighted by molar-refractivity contribution is -0.137. The fraction of sp³-hybridized carbons (Fsp3) is 0.650. The summed E-state index contributed by atoms with van der Waals surface area (Å²) in [4.78, 5) is 40.0. The molecule has 4 rings (SSSR count). The largest absolute Gasteiger partial charge is 0.449 e. The molecule has 0 radical (unpaired) electrons. The predicted molar refractivity (Wildman–Crippen MR) is 103 cm³/mol. The van der Waals surface area contributed by atoms with Gasteiger partial charge in [0.05, 0.1) is 23.4 Å². The van der Waals surface area contributed by atoms with Crippen molar-refractivity contribution in [2.24, 2.45) is 11.7 Å². The molecule has 0 unspecified atom stereocenters. The van der Waals surface area contributed by atoms with Crippen LogP contribution in [0.2, 0.25) is 0 Å². The van der Waals surface area contributed by atoms with Crippen LogP contribution in [0.15, 0.2) is 22.5 Å². The van der Waals surface area contributed by atoms with Crippen molar-refractivity contribution >= 4 is 17.7 Å². The molecule has 9 heteroatoms. The topological polar surface area (TPSA) is 133 Å². The van der Waals surface area contributed by atoms with Crippen LogP contribution in [-0.4, -0.2) is 67.2 Å². The minimum absolute atomic E-state index is 0.0403. The van der Waals surface area contributed by atoms with E-state index in [0.29, 0.717) is 35.6 Å². The normalized spacial score (nSPS) is 32.4. The first-order valence-electron chi connectivity index (χ1n) is 10.2. The fourth-order valence-electron chi connectivity index (χ4n) is 5.09. The van der Waals surface area contributed by atoms with Crippen LogP contribution in [0.3, 0.4) is 0 Å². The predicted octanol–water partition coefficient (Wildman–Crippen LogP) is 0.170. The first kappa shape index (κ1) is 19.9. The van der Waals surface area contributed by atoms with Crippen LogP contribution in [0.4, 0.5) is 4.79 Å². The Hall–Kier alpha value is -2.39. The molecular formula is C20H28N4O5. The van der Waals surface area contributed by atoms with Crippen molar-refractivity contribution in [3.63, 3.8) is 0 Å². The first-order valence-corrected chi connectivity index (χ1v) is 10.2. The van der Waals surface area contributed by atoms with Gasteiger partial charge in [0.25, 0.3) is 0 Å². The van der Waals surface area contributed by atoms with Crippen LogP contribution in [-0.2, 0) is 19.1 Å². The van der Waals surface area contributed by atoms with Gasteiger partial charge in [-0.25, -0.2) is 4.79 Å². The van der Waals surface area contributed by atoms with Crippen LogP contribution >= 0.6 is 0 Å². The van der Waals surface area contributed by atoms with E-state index >= 15 is 0 Å². The summed E-state index contributed by atoms with van der Waals surface area (Å²) >= 11 is 0. The SMILES string of the molecule is CCCCCNC1=C(C)C(=O)C2=C(C1=O)[C@@H](COC(N)=O)[C@@]1(OC)[C@H]3N[C@H]3CN21. The monoisotopic (exact) mass is 404 g/mol. The molecule has 0 saturated carbocycles. The average molecular weight is 404 g/mol. The van der Waals surface area contributed by atoms with E-state index in [1.807, 2.05) is 4.90 Å². The number of hydrogen-bond donors (Lipinski definition) is 3. The molecule has 0 aromatic heterocycles. The maximum Gasteiger partial charge on any atom is 0.404 e. The first-order chi connectivity index (χ1) is 13.9. The summed E-state index contributed by atoms with van der Waals surface area (Å²) in [6.07, 6.45) is 2.10. The van der Waals surface area contributed by atoms with Gasteiger partial charge in [0, 0.05) is 37.4 Å². The number of primary amides is 1. The number of fused-ring (bicyclic) bond motifs is 4. The molecule has 158 valence electrons. The molecule has 2 fully saturated rings. The minimum atomic E-state index is -0.936. The van der Waals surface area contributed by atoms with E-state index in [2.05, 4.69) is 17.6 Å². The van der Waals surface area contributed by atoms with E-state index in [4.69, 9.17) is 15.2 Å². The van der Waals surface area contributed by atoms with E-state index < -0.39 is 17.7 Å². The van der Waals surface area contributed by atoms with Crippen LogP contribution in [0.25, 0.3) is 0 Å². The Morgan fingerprint density at radius 3 is 2.76 bits per heavy atom. The van der Waals surface area contributed by atoms with Gasteiger partial charge in [0.1, 0.15) is 6.61 Å². The Bertz CT molecular complexity index is 835. The maximum absolute atomic E-state index is 13.5. The van der Waals surface area contributed by atoms with E-state index in [1.54, 1.807) is 14.0 Å². The number of carbonyl (C=O) groups is 3. The molecule has 3 aliphatic heterocycles. The number of unbranched alkanes of at least 4 members (excludes halogenated alkanes) is 2. The van der Waals surface area contributed by atoms with E-state index in [9.17, 15) is 14.4 Å². The Balaban J connectivity index is 1.69. The van der Waals surface area contributed by atoms with Gasteiger partial charge in [-0.15, -0.1) is 0 Å². The number of amides is 1. The van der Waals surface area contributed by atoms with Crippen molar-refractivity contribution in [3.8, 4) is 0 Å². The van der Waals surface area contributed by atoms with Gasteiger partial charge in [0.2, 0.25) is 11.6 Å². The highest BCUT2D eigenvalue weighted by molar-refractivity contribution is 6.25. The summed E-state index contributed by atoms with van der Waals surface area (Å²) in [7, 11) is 1.56. The molecule has 0 aromatic rings. The van der Waals surface area contributed by atoms with Gasteiger partial charge >= 0.3 is 6.09 Å². The van der Waals surface area contributed by atoms with Gasteiger partial charge in [-0.3, -0.25) is 9.59 Å². The number of rotatable bonds is 8. The zero-order valence-electron chi connectivity index (χ0n) is 17.0. The summed E-state index contributed by atoms with van der Waals surface area (Å²) in [6, 6.07) is 0.141. The van der Waals surface area contributed by atoms with E-state index in [-0.39, 0.29) is 30.3 Å². The number of piperazine rings is 1. The van der Waals surface area contributed by atoms with Crippen molar-refractivity contribution in [1.29, 1.82) is 0 Å². The number of Topliss-reactive ketones (excluding diaryl/α,β-unsaturated/α-hetero) is 2. The molecule has 0 bridgehead atoms. The quantitative estimate of drug-likeness (QED) is 0.296. The molecule has 29 heavy (non-hydrogen) atoms. The summed E-state index contributed by atoms with van der Waals surface area (Å²) in [5, 5.41) is 6.51. The number of nitrogens with zero attached hydrogens (tertiary/aromatic N) is 1. The molecule has 1 aliphatic carbocycles. The van der Waals surface area contributed by atoms with Crippen molar-refractivity contribution in [1.82, 2.24) is 15.5 Å². The third-order valence-corrected chi connectivity index (χ3v) is 6.51. The van der Waals surface area contributed by atoms with Gasteiger partial charge in [-0.05, 0) is 13.3 Å². The molecular weight excluding hydrogens is 376 g/mol. The Labute approximate surface area is 169 Å². The summed E-state index contributed by atoms with van der Waals surface area (Å²) in [5.41, 5.74) is 5.74. The maximum atomic E-state index is 13.5. The lowest BCUT2D eigenvalue weighted by atomic mass is 9.82. The Morgan fingerprint density at radius 1 is 1.34 bits per heavy atom. The zero-order valence-corrected chi connectivity index (χ0v) is 17.0. The lowest BCUT2D eigenvalue weighted by Gasteiger charge is -2.39. The highest BCUT2D eigenvalue weighted by Gasteiger charge is 2.72. The number of carbonyl (C=O) groups excluding carboxylic acids is 3. The number of nitrogens with one attached hydrogen (secondary N) is 2. The van der Waals surface area contributed by atoms with Crippen molar-refractivity contribution in [2.45, 2.75) is 50.9 Å². The van der Waals surface area contributed by atoms with E-state index in [0.717, 1.165) is 19.3 Å². The number of nitrogens with two attached hydrogens (primary N) is 1. The molecule has 9 nitrogen and oxygen atoms in total. The second-order valence-electron chi connectivity index (χ2n) is 8.05. The Kier molecular flexibility index (Phi) is 4.90. The lowest BCUT2D eigenvalue weighted by Crippen LogP contribution is -2.55. The second-order valence-corrected chi connectivity index (χ2v) is 8.05. The van der Waals surface area contributed by atoms with Crippen molar-refractivity contribution in [2.75, 3.05) is 26.8 Å². The van der Waals surface area contributed by atoms with Crippen molar-refractivity contribution < 1.29 is 23.9 Å². The number of ether oxygens (including phenoxy) is 2. The molecule has 3 heterocycles. The molecule has 2 saturated heterocycles. The van der Waals surface area contributed by atoms with Crippen LogP contribution in [0.1, 0.15) is 33.1 Å². The number of hydrogen-bond acceptors (Lipinski definition) is 8. The standard InChI is InChI=1S/C20H28N4O5/c1-4-5-6-7-22-14-10(2)16(25)15-13(17(14)26)11(9-29-19(21)27)20(28-3)18-12(23-18)8-24(15)20/h11-12,18,22-23H,4-9H2,1-3H3,(H2,21,27)/t11-,12+,18+,20-/m1/s1. The van der Waals surface area contributed by atoms with Crippen LogP contribution in [0.5, 0.6) is 0 Å². The highest BCUT2D eigenvalue weighted by atomic mass is 16.6. The summed E-state index contributed by atoms with van der Waals surface area (Å²) < 4.78 is 11.0. The zero-order chi connectivity index (χ0) is 20.9. The van der Waals surface area contributed by atoms with Gasteiger partial charge in [0.15, 0.2) is 5.72 Å². The molecule has 0 aromatic carbocycles. The highest BCUT2D eigenvalue weighted by Crippen LogP contribution is 2.55. The van der Waals surface area contributed by atoms with Crippen LogP contribution in [0, 0.1) is 5.92 Å². The summed E-state index contributed by atoms with van der Waals surface area (Å²) in [5.74, 6) is -1.01. The number of allylic oxidation sites excluding steroid dienone is 2.